The number of aryl methyl sites for hydroxylation is 1. The van der Waals surface area contributed by atoms with Crippen molar-refractivity contribution >= 4 is 35.6 Å². The van der Waals surface area contributed by atoms with Gasteiger partial charge in [0.1, 0.15) is 17.2 Å². The van der Waals surface area contributed by atoms with Crippen LogP contribution in [0.15, 0.2) is 71.4 Å². The number of benzene rings is 2. The summed E-state index contributed by atoms with van der Waals surface area (Å²) in [5.74, 6) is 1.41. The lowest BCUT2D eigenvalue weighted by Gasteiger charge is -2.21. The largest absolute Gasteiger partial charge is 0.494 e. The van der Waals surface area contributed by atoms with Crippen molar-refractivity contribution in [1.82, 2.24) is 5.32 Å². The Balaban J connectivity index is 1.46. The number of nitrogens with zero attached hydrogens (tertiary/aromatic N) is 2. The Bertz CT molecular complexity index is 1090. The number of carbonyl (C=O) groups is 1. The second-order valence-electron chi connectivity index (χ2n) is 8.22. The third kappa shape index (κ3) is 7.52. The Kier molecular flexibility index (Phi) is 10.0. The maximum Gasteiger partial charge on any atom is 0.275 e. The predicted octanol–water partition coefficient (Wildman–Crippen LogP) is 5.55. The van der Waals surface area contributed by atoms with E-state index in [2.05, 4.69) is 36.1 Å². The Hall–Kier alpha value is -3.45. The maximum absolute atomic E-state index is 12.5. The molecule has 0 aliphatic carbocycles. The topological polar surface area (TPSA) is 63.2 Å². The van der Waals surface area contributed by atoms with Gasteiger partial charge >= 0.3 is 0 Å². The zero-order valence-electron chi connectivity index (χ0n) is 20.5. The van der Waals surface area contributed by atoms with Crippen molar-refractivity contribution < 1.29 is 14.3 Å². The lowest BCUT2D eigenvalue weighted by Crippen LogP contribution is -2.42. The molecule has 0 atom stereocenters. The molecule has 1 aliphatic rings. The van der Waals surface area contributed by atoms with Crippen LogP contribution in [0.25, 0.3) is 0 Å². The molecule has 0 radical (unpaired) electrons. The number of hydrogen-bond donors (Lipinski definition) is 1. The Labute approximate surface area is 213 Å². The third-order valence-corrected chi connectivity index (χ3v) is 5.96. The Morgan fingerprint density at radius 1 is 1.14 bits per heavy atom. The fraction of sp³-hybridized carbons (Fsp3) is 0.321. The van der Waals surface area contributed by atoms with Crippen molar-refractivity contribution in [1.29, 1.82) is 0 Å². The molecule has 2 aromatic carbocycles. The molecule has 1 amide bonds. The molecule has 0 unspecified atom stereocenters. The minimum Gasteiger partial charge on any atom is -0.494 e. The molecule has 6 nitrogen and oxygen atoms in total. The van der Waals surface area contributed by atoms with Crippen molar-refractivity contribution in [2.45, 2.75) is 39.5 Å². The number of aliphatic imine (C=N–C) groups is 1. The smallest absolute Gasteiger partial charge is 0.275 e. The van der Waals surface area contributed by atoms with Gasteiger partial charge in [0.2, 0.25) is 0 Å². The molecule has 0 saturated heterocycles. The second-order valence-corrected chi connectivity index (χ2v) is 8.61. The average molecular weight is 492 g/mol. The number of fused-ring (bicyclic) bond motifs is 1. The summed E-state index contributed by atoms with van der Waals surface area (Å²) in [6.07, 6.45) is 8.91. The van der Waals surface area contributed by atoms with Gasteiger partial charge < -0.3 is 14.4 Å². The summed E-state index contributed by atoms with van der Waals surface area (Å²) in [7, 11) is 0. The van der Waals surface area contributed by atoms with Crippen LogP contribution in [0.2, 0.25) is 0 Å². The highest BCUT2D eigenvalue weighted by molar-refractivity contribution is 7.80. The maximum atomic E-state index is 12.5. The van der Waals surface area contributed by atoms with E-state index in [0.717, 1.165) is 48.4 Å². The van der Waals surface area contributed by atoms with Crippen LogP contribution in [0.5, 0.6) is 11.5 Å². The highest BCUT2D eigenvalue weighted by Crippen LogP contribution is 2.35. The van der Waals surface area contributed by atoms with Gasteiger partial charge in [-0.3, -0.25) is 15.1 Å². The molecule has 0 fully saturated rings. The van der Waals surface area contributed by atoms with E-state index >= 15 is 0 Å². The first-order valence-electron chi connectivity index (χ1n) is 11.9. The van der Waals surface area contributed by atoms with Gasteiger partial charge in [-0.25, -0.2) is 0 Å². The molecule has 7 heteroatoms. The van der Waals surface area contributed by atoms with E-state index in [1.807, 2.05) is 48.2 Å². The van der Waals surface area contributed by atoms with Gasteiger partial charge in [0.25, 0.3) is 5.91 Å². The number of allylic oxidation sites excluding steroid dienone is 3. The van der Waals surface area contributed by atoms with E-state index in [1.54, 1.807) is 12.2 Å². The monoisotopic (exact) mass is 491 g/mol. The minimum atomic E-state index is -0.379. The van der Waals surface area contributed by atoms with Gasteiger partial charge in [0.05, 0.1) is 18.9 Å². The van der Waals surface area contributed by atoms with E-state index in [1.165, 1.54) is 5.56 Å². The minimum absolute atomic E-state index is 0.214. The number of nitrogens with one attached hydrogen (secondary N) is 1. The van der Waals surface area contributed by atoms with Crippen LogP contribution in [-0.2, 0) is 11.2 Å². The van der Waals surface area contributed by atoms with Gasteiger partial charge in [-0.2, -0.15) is 0 Å². The molecule has 2 aromatic rings. The van der Waals surface area contributed by atoms with Crippen LogP contribution in [0.1, 0.15) is 37.3 Å². The van der Waals surface area contributed by atoms with Crippen LogP contribution < -0.4 is 19.7 Å². The highest BCUT2D eigenvalue weighted by atomic mass is 32.1. The first kappa shape index (κ1) is 26.2. The number of thiocarbonyl (C=S) groups is 1. The molecule has 184 valence electrons. The molecule has 0 aromatic heterocycles. The molecule has 0 spiro atoms. The van der Waals surface area contributed by atoms with Crippen LogP contribution in [0.3, 0.4) is 0 Å². The van der Waals surface area contributed by atoms with Crippen LogP contribution in [0.4, 0.5) is 5.69 Å². The predicted molar refractivity (Wildman–Crippen MR) is 147 cm³/mol. The van der Waals surface area contributed by atoms with Gasteiger partial charge in [-0.1, -0.05) is 35.9 Å². The lowest BCUT2D eigenvalue weighted by atomic mass is 10.1. The van der Waals surface area contributed by atoms with E-state index in [0.29, 0.717) is 24.9 Å². The third-order valence-electron chi connectivity index (χ3n) is 5.64. The second kappa shape index (κ2) is 13.4. The Morgan fingerprint density at radius 3 is 2.60 bits per heavy atom. The number of amides is 1. The van der Waals surface area contributed by atoms with Crippen molar-refractivity contribution in [2.75, 3.05) is 24.7 Å². The zero-order valence-corrected chi connectivity index (χ0v) is 21.3. The number of anilines is 1. The molecule has 1 N–H and O–H groups in total. The fourth-order valence-electron chi connectivity index (χ4n) is 3.75. The number of hydrogen-bond acceptors (Lipinski definition) is 5. The number of carbonyl (C=O) groups excluding carboxylic acids is 1. The van der Waals surface area contributed by atoms with E-state index in [9.17, 15) is 4.79 Å². The number of unbranched alkanes of at least 4 members (excludes halogenated alkanes) is 2. The average Bonchev–Trinajstić information content (AvgIpc) is 3.30. The van der Waals surface area contributed by atoms with Crippen molar-refractivity contribution in [2.24, 2.45) is 4.99 Å². The van der Waals surface area contributed by atoms with Crippen LogP contribution in [-0.4, -0.2) is 37.5 Å². The zero-order chi connectivity index (χ0) is 25.0. The van der Waals surface area contributed by atoms with Crippen molar-refractivity contribution in [3.05, 3.63) is 77.5 Å². The molecule has 0 saturated carbocycles. The summed E-state index contributed by atoms with van der Waals surface area (Å²) in [5.41, 5.74) is 3.52. The molecule has 0 bridgehead atoms. The molecule has 1 aliphatic heterocycles. The molecular weight excluding hydrogens is 458 g/mol. The summed E-state index contributed by atoms with van der Waals surface area (Å²) in [6.45, 7) is 9.42. The van der Waals surface area contributed by atoms with Gasteiger partial charge in [-0.15, -0.1) is 0 Å². The highest BCUT2D eigenvalue weighted by Gasteiger charge is 2.26. The van der Waals surface area contributed by atoms with E-state index in [-0.39, 0.29) is 11.6 Å². The summed E-state index contributed by atoms with van der Waals surface area (Å²) >= 11 is 5.51. The van der Waals surface area contributed by atoms with Gasteiger partial charge in [0.15, 0.2) is 5.11 Å². The van der Waals surface area contributed by atoms with Crippen LogP contribution >= 0.6 is 12.2 Å². The summed E-state index contributed by atoms with van der Waals surface area (Å²) in [5, 5.41) is 3.10. The standard InChI is InChI=1S/C28H33N3O3S/c1-4-5-10-24(29-3)27(32)30-28(35)31-18-17-23-25(31)11-9-12-26(23)34-20-8-6-7-19-33-22-15-13-21(2)14-16-22/h4-5,9-16H,3,6-8,17-20H2,1-2H3,(H,30,32,35)/b5-4-,24-10-. The Morgan fingerprint density at radius 2 is 1.89 bits per heavy atom. The first-order valence-corrected chi connectivity index (χ1v) is 12.3. The lowest BCUT2D eigenvalue weighted by molar-refractivity contribution is -0.116. The molecular formula is C28H33N3O3S. The summed E-state index contributed by atoms with van der Waals surface area (Å²) in [4.78, 5) is 18.2. The van der Waals surface area contributed by atoms with E-state index < -0.39 is 0 Å². The van der Waals surface area contributed by atoms with Gasteiger partial charge in [-0.05, 0) is 88.8 Å². The normalized spacial score (nSPS) is 13.0. The van der Waals surface area contributed by atoms with Crippen molar-refractivity contribution in [3.63, 3.8) is 0 Å². The number of rotatable bonds is 11. The first-order chi connectivity index (χ1) is 17.0. The van der Waals surface area contributed by atoms with Gasteiger partial charge in [0, 0.05) is 12.1 Å². The molecule has 1 heterocycles. The van der Waals surface area contributed by atoms with Crippen LogP contribution in [0, 0.1) is 6.92 Å². The SMILES string of the molecule is C=N/C(=C\C=C/C)C(=O)NC(=S)N1CCc2c(OCCCCCOc3ccc(C)cc3)cccc21. The summed E-state index contributed by atoms with van der Waals surface area (Å²) < 4.78 is 11.9. The quantitative estimate of drug-likeness (QED) is 0.147. The van der Waals surface area contributed by atoms with Crippen molar-refractivity contribution in [3.8, 4) is 11.5 Å². The van der Waals surface area contributed by atoms with E-state index in [4.69, 9.17) is 21.7 Å². The molecule has 3 rings (SSSR count). The summed E-state index contributed by atoms with van der Waals surface area (Å²) in [6, 6.07) is 14.1. The fourth-order valence-corrected chi connectivity index (χ4v) is 4.03. The molecule has 35 heavy (non-hydrogen) atoms. The number of ether oxygens (including phenoxy) is 2.